The number of para-hydroxylation sites is 3. The van der Waals surface area contributed by atoms with Crippen LogP contribution in [0.25, 0.3) is 10.2 Å². The number of nitrogens with two attached hydrogens (primary N) is 1. The minimum Gasteiger partial charge on any atom is -0.397 e. The molecule has 106 valence electrons. The summed E-state index contributed by atoms with van der Waals surface area (Å²) < 4.78 is 2.03. The smallest absolute Gasteiger partial charge is 0.234 e. The summed E-state index contributed by atoms with van der Waals surface area (Å²) in [5, 5.41) is 2.81. The van der Waals surface area contributed by atoms with Crippen LogP contribution in [-0.4, -0.2) is 16.6 Å². The molecular formula is C15H13N3OS2. The monoisotopic (exact) mass is 315 g/mol. The van der Waals surface area contributed by atoms with E-state index in [1.807, 2.05) is 36.4 Å². The number of nitrogens with zero attached hydrogens (tertiary/aromatic N) is 1. The van der Waals surface area contributed by atoms with Crippen LogP contribution in [0.3, 0.4) is 0 Å². The average molecular weight is 315 g/mol. The third-order valence-corrected chi connectivity index (χ3v) is 5.02. The summed E-state index contributed by atoms with van der Waals surface area (Å²) in [6.07, 6.45) is 0. The number of aromatic nitrogens is 1. The lowest BCUT2D eigenvalue weighted by molar-refractivity contribution is -0.113. The molecule has 0 saturated heterocycles. The number of thiazole rings is 1. The number of fused-ring (bicyclic) bond motifs is 1. The van der Waals surface area contributed by atoms with Crippen LogP contribution in [0, 0.1) is 0 Å². The van der Waals surface area contributed by atoms with E-state index >= 15 is 0 Å². The second-order valence-corrected chi connectivity index (χ2v) is 6.62. The van der Waals surface area contributed by atoms with Crippen LogP contribution >= 0.6 is 23.1 Å². The zero-order valence-corrected chi connectivity index (χ0v) is 12.7. The minimum atomic E-state index is -0.0860. The van der Waals surface area contributed by atoms with Gasteiger partial charge in [0.25, 0.3) is 0 Å². The molecule has 6 heteroatoms. The van der Waals surface area contributed by atoms with Gasteiger partial charge in [-0.1, -0.05) is 36.0 Å². The molecule has 0 atom stereocenters. The lowest BCUT2D eigenvalue weighted by Gasteiger charge is -2.06. The summed E-state index contributed by atoms with van der Waals surface area (Å²) >= 11 is 3.03. The Morgan fingerprint density at radius 1 is 1.19 bits per heavy atom. The van der Waals surface area contributed by atoms with E-state index in [1.54, 1.807) is 23.5 Å². The maximum Gasteiger partial charge on any atom is 0.234 e. The molecule has 0 fully saturated rings. The number of hydrogen-bond donors (Lipinski definition) is 2. The highest BCUT2D eigenvalue weighted by Gasteiger charge is 2.08. The molecule has 0 saturated carbocycles. The number of thioether (sulfide) groups is 1. The Bertz CT molecular complexity index is 752. The van der Waals surface area contributed by atoms with Crippen LogP contribution in [-0.2, 0) is 4.79 Å². The molecule has 3 N–H and O–H groups in total. The molecule has 1 aromatic heterocycles. The van der Waals surface area contributed by atoms with Crippen molar-refractivity contribution < 1.29 is 4.79 Å². The van der Waals surface area contributed by atoms with Crippen LogP contribution < -0.4 is 11.1 Å². The number of anilines is 2. The average Bonchev–Trinajstić information content (AvgIpc) is 2.90. The molecule has 21 heavy (non-hydrogen) atoms. The van der Waals surface area contributed by atoms with Crippen molar-refractivity contribution in [2.45, 2.75) is 4.34 Å². The molecule has 0 aliphatic rings. The van der Waals surface area contributed by atoms with E-state index in [4.69, 9.17) is 5.73 Å². The van der Waals surface area contributed by atoms with E-state index in [2.05, 4.69) is 10.3 Å². The Morgan fingerprint density at radius 3 is 2.76 bits per heavy atom. The van der Waals surface area contributed by atoms with Crippen molar-refractivity contribution in [2.24, 2.45) is 0 Å². The molecule has 0 spiro atoms. The van der Waals surface area contributed by atoms with Gasteiger partial charge in [0.05, 0.1) is 27.3 Å². The van der Waals surface area contributed by atoms with Crippen LogP contribution in [0.5, 0.6) is 0 Å². The van der Waals surface area contributed by atoms with Gasteiger partial charge in [-0.2, -0.15) is 0 Å². The Balaban J connectivity index is 1.62. The number of benzene rings is 2. The van der Waals surface area contributed by atoms with E-state index in [-0.39, 0.29) is 5.91 Å². The summed E-state index contributed by atoms with van der Waals surface area (Å²) in [5.41, 5.74) is 7.98. The fourth-order valence-corrected chi connectivity index (χ4v) is 3.71. The van der Waals surface area contributed by atoms with Crippen molar-refractivity contribution in [1.82, 2.24) is 4.98 Å². The first-order chi connectivity index (χ1) is 10.2. The fourth-order valence-electron chi connectivity index (χ4n) is 1.84. The predicted molar refractivity (Wildman–Crippen MR) is 89.8 cm³/mol. The fraction of sp³-hybridized carbons (Fsp3) is 0.0667. The molecule has 0 radical (unpaired) electrons. The molecule has 0 unspecified atom stereocenters. The van der Waals surface area contributed by atoms with E-state index in [0.29, 0.717) is 17.1 Å². The number of hydrogen-bond acceptors (Lipinski definition) is 5. The number of amides is 1. The SMILES string of the molecule is Nc1ccccc1NC(=O)CSc1nc2ccccc2s1. The number of carbonyl (C=O) groups excluding carboxylic acids is 1. The van der Waals surface area contributed by atoms with Crippen molar-refractivity contribution in [3.63, 3.8) is 0 Å². The lowest BCUT2D eigenvalue weighted by Crippen LogP contribution is -2.15. The molecule has 2 aromatic carbocycles. The summed E-state index contributed by atoms with van der Waals surface area (Å²) in [4.78, 5) is 16.4. The summed E-state index contributed by atoms with van der Waals surface area (Å²) in [7, 11) is 0. The van der Waals surface area contributed by atoms with Crippen molar-refractivity contribution in [2.75, 3.05) is 16.8 Å². The van der Waals surface area contributed by atoms with Gasteiger partial charge in [0.2, 0.25) is 5.91 Å². The van der Waals surface area contributed by atoms with Crippen LogP contribution in [0.4, 0.5) is 11.4 Å². The highest BCUT2D eigenvalue weighted by Crippen LogP contribution is 2.29. The second kappa shape index (κ2) is 6.15. The Hall–Kier alpha value is -2.05. The Kier molecular flexibility index (Phi) is 4.08. The molecule has 0 aliphatic heterocycles. The van der Waals surface area contributed by atoms with Crippen LogP contribution in [0.15, 0.2) is 52.9 Å². The van der Waals surface area contributed by atoms with Crippen molar-refractivity contribution in [1.29, 1.82) is 0 Å². The molecule has 0 bridgehead atoms. The van der Waals surface area contributed by atoms with Gasteiger partial charge in [0.1, 0.15) is 0 Å². The predicted octanol–water partition coefficient (Wildman–Crippen LogP) is 3.61. The highest BCUT2D eigenvalue weighted by molar-refractivity contribution is 8.01. The van der Waals surface area contributed by atoms with Gasteiger partial charge < -0.3 is 11.1 Å². The first kappa shape index (κ1) is 13.9. The van der Waals surface area contributed by atoms with Gasteiger partial charge in [-0.05, 0) is 24.3 Å². The largest absolute Gasteiger partial charge is 0.397 e. The van der Waals surface area contributed by atoms with Gasteiger partial charge >= 0.3 is 0 Å². The molecule has 1 heterocycles. The number of nitrogens with one attached hydrogen (secondary N) is 1. The topological polar surface area (TPSA) is 68.0 Å². The molecule has 3 aromatic rings. The van der Waals surface area contributed by atoms with E-state index in [9.17, 15) is 4.79 Å². The Morgan fingerprint density at radius 2 is 1.95 bits per heavy atom. The molecule has 4 nitrogen and oxygen atoms in total. The van der Waals surface area contributed by atoms with Gasteiger partial charge in [-0.25, -0.2) is 4.98 Å². The van der Waals surface area contributed by atoms with Gasteiger partial charge in [0, 0.05) is 0 Å². The zero-order chi connectivity index (χ0) is 14.7. The summed E-state index contributed by atoms with van der Waals surface area (Å²) in [5.74, 6) is 0.228. The highest BCUT2D eigenvalue weighted by atomic mass is 32.2. The van der Waals surface area contributed by atoms with Crippen molar-refractivity contribution in [3.8, 4) is 0 Å². The normalized spacial score (nSPS) is 10.7. The molecule has 3 rings (SSSR count). The maximum absolute atomic E-state index is 11.9. The van der Waals surface area contributed by atoms with Gasteiger partial charge in [-0.3, -0.25) is 4.79 Å². The Labute approximate surface area is 130 Å². The maximum atomic E-state index is 11.9. The number of carbonyl (C=O) groups is 1. The quantitative estimate of drug-likeness (QED) is 0.570. The molecule has 0 aliphatic carbocycles. The van der Waals surface area contributed by atoms with Gasteiger partial charge in [0.15, 0.2) is 4.34 Å². The number of rotatable bonds is 4. The summed E-state index contributed by atoms with van der Waals surface area (Å²) in [6, 6.07) is 15.2. The van der Waals surface area contributed by atoms with Gasteiger partial charge in [-0.15, -0.1) is 11.3 Å². The third-order valence-electron chi connectivity index (χ3n) is 2.84. The molecule has 1 amide bonds. The molecular weight excluding hydrogens is 302 g/mol. The van der Waals surface area contributed by atoms with E-state index in [0.717, 1.165) is 14.6 Å². The number of nitrogen functional groups attached to an aromatic ring is 1. The third kappa shape index (κ3) is 3.34. The summed E-state index contributed by atoms with van der Waals surface area (Å²) in [6.45, 7) is 0. The standard InChI is InChI=1S/C15H13N3OS2/c16-10-5-1-2-6-11(10)17-14(19)9-20-15-18-12-7-3-4-8-13(12)21-15/h1-8H,9,16H2,(H,17,19). The minimum absolute atomic E-state index is 0.0860. The lowest BCUT2D eigenvalue weighted by atomic mass is 10.3. The van der Waals surface area contributed by atoms with Crippen LogP contribution in [0.1, 0.15) is 0 Å². The van der Waals surface area contributed by atoms with E-state index in [1.165, 1.54) is 11.8 Å². The first-order valence-electron chi connectivity index (χ1n) is 6.35. The first-order valence-corrected chi connectivity index (χ1v) is 8.15. The van der Waals surface area contributed by atoms with Crippen molar-refractivity contribution in [3.05, 3.63) is 48.5 Å². The zero-order valence-electron chi connectivity index (χ0n) is 11.1. The second-order valence-electron chi connectivity index (χ2n) is 4.37. The van der Waals surface area contributed by atoms with Crippen molar-refractivity contribution >= 4 is 50.6 Å². The van der Waals surface area contributed by atoms with Crippen LogP contribution in [0.2, 0.25) is 0 Å². The van der Waals surface area contributed by atoms with E-state index < -0.39 is 0 Å².